The molecular formula is C52H30N6O. The summed E-state index contributed by atoms with van der Waals surface area (Å²) in [7, 11) is 0. The zero-order valence-electron chi connectivity index (χ0n) is 31.4. The molecule has 0 radical (unpaired) electrons. The van der Waals surface area contributed by atoms with Gasteiger partial charge in [-0.05, 0) is 60.7 Å². The molecule has 0 aliphatic rings. The number of nitriles is 1. The number of hydrogen-bond donors (Lipinski definition) is 0. The van der Waals surface area contributed by atoms with Crippen LogP contribution in [0.1, 0.15) is 5.56 Å². The van der Waals surface area contributed by atoms with E-state index in [9.17, 15) is 5.26 Å². The van der Waals surface area contributed by atoms with Gasteiger partial charge in [0, 0.05) is 55.4 Å². The molecule has 0 spiro atoms. The lowest BCUT2D eigenvalue weighted by molar-refractivity contribution is 0.673. The highest BCUT2D eigenvalue weighted by molar-refractivity contribution is 6.26. The van der Waals surface area contributed by atoms with Gasteiger partial charge in [-0.2, -0.15) is 5.26 Å². The summed E-state index contributed by atoms with van der Waals surface area (Å²) in [6.07, 6.45) is 0. The van der Waals surface area contributed by atoms with E-state index in [1.807, 2.05) is 91.0 Å². The minimum Gasteiger partial charge on any atom is -0.455 e. The number of rotatable bonds is 5. The van der Waals surface area contributed by atoms with Crippen LogP contribution in [0.15, 0.2) is 186 Å². The molecule has 0 unspecified atom stereocenters. The molecule has 59 heavy (non-hydrogen) atoms. The fraction of sp³-hybridized carbons (Fsp3) is 0. The molecule has 4 heterocycles. The van der Waals surface area contributed by atoms with E-state index in [-0.39, 0.29) is 0 Å². The second-order valence-corrected chi connectivity index (χ2v) is 14.7. The average Bonchev–Trinajstić information content (AvgIpc) is 3.95. The Morgan fingerprint density at radius 3 is 1.69 bits per heavy atom. The third kappa shape index (κ3) is 5.04. The maximum atomic E-state index is 10.8. The topological polar surface area (TPSA) is 85.5 Å². The van der Waals surface area contributed by atoms with Crippen LogP contribution in [0.25, 0.3) is 111 Å². The molecule has 0 N–H and O–H groups in total. The Hall–Kier alpha value is -8.34. The molecule has 0 bridgehead atoms. The van der Waals surface area contributed by atoms with Crippen molar-refractivity contribution in [2.75, 3.05) is 0 Å². The van der Waals surface area contributed by atoms with Gasteiger partial charge in [0.25, 0.3) is 0 Å². The van der Waals surface area contributed by atoms with Crippen LogP contribution in [0.4, 0.5) is 0 Å². The van der Waals surface area contributed by atoms with E-state index in [1.165, 1.54) is 10.8 Å². The first-order chi connectivity index (χ1) is 29.2. The van der Waals surface area contributed by atoms with E-state index in [1.54, 1.807) is 0 Å². The van der Waals surface area contributed by atoms with E-state index in [4.69, 9.17) is 19.4 Å². The van der Waals surface area contributed by atoms with Gasteiger partial charge in [-0.15, -0.1) is 0 Å². The minimum atomic E-state index is 0.493. The van der Waals surface area contributed by atoms with Gasteiger partial charge in [-0.3, -0.25) is 0 Å². The summed E-state index contributed by atoms with van der Waals surface area (Å²) in [5.74, 6) is 1.63. The van der Waals surface area contributed by atoms with Crippen molar-refractivity contribution in [2.45, 2.75) is 0 Å². The van der Waals surface area contributed by atoms with Crippen molar-refractivity contribution in [3.8, 4) is 51.6 Å². The van der Waals surface area contributed by atoms with Gasteiger partial charge in [0.1, 0.15) is 17.2 Å². The monoisotopic (exact) mass is 754 g/mol. The summed E-state index contributed by atoms with van der Waals surface area (Å²) in [6.45, 7) is 0. The second kappa shape index (κ2) is 12.8. The van der Waals surface area contributed by atoms with E-state index in [0.29, 0.717) is 23.0 Å². The summed E-state index contributed by atoms with van der Waals surface area (Å²) >= 11 is 0. The smallest absolute Gasteiger partial charge is 0.164 e. The van der Waals surface area contributed by atoms with Crippen molar-refractivity contribution >= 4 is 65.6 Å². The highest BCUT2D eigenvalue weighted by Gasteiger charge is 2.23. The number of fused-ring (bicyclic) bond motifs is 10. The fourth-order valence-corrected chi connectivity index (χ4v) is 8.76. The Morgan fingerprint density at radius 1 is 0.424 bits per heavy atom. The summed E-state index contributed by atoms with van der Waals surface area (Å²) < 4.78 is 11.4. The third-order valence-electron chi connectivity index (χ3n) is 11.4. The highest BCUT2D eigenvalue weighted by atomic mass is 16.3. The summed E-state index contributed by atoms with van der Waals surface area (Å²) in [5, 5.41) is 17.3. The quantitative estimate of drug-likeness (QED) is 0.175. The van der Waals surface area contributed by atoms with Crippen LogP contribution in [0.3, 0.4) is 0 Å². The van der Waals surface area contributed by atoms with Crippen LogP contribution in [-0.2, 0) is 0 Å². The normalized spacial score (nSPS) is 11.7. The first kappa shape index (κ1) is 32.9. The second-order valence-electron chi connectivity index (χ2n) is 14.7. The number of para-hydroxylation sites is 3. The van der Waals surface area contributed by atoms with Crippen molar-refractivity contribution in [3.63, 3.8) is 0 Å². The summed E-state index contributed by atoms with van der Waals surface area (Å²) in [6, 6.07) is 64.3. The molecule has 7 nitrogen and oxygen atoms in total. The van der Waals surface area contributed by atoms with Gasteiger partial charge < -0.3 is 13.6 Å². The van der Waals surface area contributed by atoms with E-state index < -0.39 is 0 Å². The zero-order valence-corrected chi connectivity index (χ0v) is 31.4. The molecule has 8 aromatic carbocycles. The van der Waals surface area contributed by atoms with Crippen molar-refractivity contribution in [1.29, 1.82) is 5.26 Å². The first-order valence-electron chi connectivity index (χ1n) is 19.5. The molecule has 0 aliphatic heterocycles. The Labute approximate surface area is 337 Å². The van der Waals surface area contributed by atoms with Gasteiger partial charge >= 0.3 is 0 Å². The number of furan rings is 1. The van der Waals surface area contributed by atoms with Crippen LogP contribution in [0.5, 0.6) is 0 Å². The maximum Gasteiger partial charge on any atom is 0.164 e. The molecule has 0 saturated carbocycles. The van der Waals surface area contributed by atoms with E-state index >= 15 is 0 Å². The Morgan fingerprint density at radius 2 is 1.02 bits per heavy atom. The van der Waals surface area contributed by atoms with Crippen LogP contribution in [-0.4, -0.2) is 24.1 Å². The van der Waals surface area contributed by atoms with Crippen LogP contribution >= 0.6 is 0 Å². The number of nitrogens with zero attached hydrogens (tertiary/aromatic N) is 6. The SMILES string of the molecule is N#Cc1cc(-c2nc(-c3ccccc3)nc(-c3ccccc3)n2)ccc1-n1c2ccccc2c2c3oc4cc5c(cc4c3ccc21)c1ccccc1n5-c1ccccc1. The van der Waals surface area contributed by atoms with Gasteiger partial charge in [0.2, 0.25) is 0 Å². The zero-order chi connectivity index (χ0) is 39.0. The fourth-order valence-electron chi connectivity index (χ4n) is 8.76. The minimum absolute atomic E-state index is 0.493. The predicted molar refractivity (Wildman–Crippen MR) is 237 cm³/mol. The molecule has 12 rings (SSSR count). The Kier molecular flexibility index (Phi) is 7.16. The maximum absolute atomic E-state index is 10.8. The van der Waals surface area contributed by atoms with Crippen LogP contribution in [0, 0.1) is 11.3 Å². The number of aromatic nitrogens is 5. The van der Waals surface area contributed by atoms with Crippen molar-refractivity contribution in [1.82, 2.24) is 24.1 Å². The van der Waals surface area contributed by atoms with Crippen molar-refractivity contribution in [3.05, 3.63) is 188 Å². The molecular weight excluding hydrogens is 725 g/mol. The van der Waals surface area contributed by atoms with Crippen molar-refractivity contribution < 1.29 is 4.42 Å². The molecule has 0 amide bonds. The van der Waals surface area contributed by atoms with E-state index in [2.05, 4.69) is 106 Å². The summed E-state index contributed by atoms with van der Waals surface area (Å²) in [5.41, 5.74) is 10.6. The molecule has 4 aromatic heterocycles. The molecule has 7 heteroatoms. The Bertz CT molecular complexity index is 3610. The lowest BCUT2D eigenvalue weighted by Gasteiger charge is -2.12. The number of hydrogen-bond acceptors (Lipinski definition) is 5. The van der Waals surface area contributed by atoms with Crippen LogP contribution < -0.4 is 0 Å². The number of benzene rings is 8. The standard InChI is InChI=1S/C52H30N6O/c53-31-35-28-34(52-55-50(32-14-4-1-5-15-32)54-51(56-52)33-16-6-2-7-17-33)24-26-42(35)58-44-23-13-11-21-39(44)48-45(58)27-25-38-41-29-40-37-20-10-12-22-43(37)57(36-18-8-3-9-19-36)46(40)30-47(41)59-49(38)48/h1-30H. The van der Waals surface area contributed by atoms with Gasteiger partial charge in [0.15, 0.2) is 17.5 Å². The van der Waals surface area contributed by atoms with Crippen LogP contribution in [0.2, 0.25) is 0 Å². The molecule has 12 aromatic rings. The predicted octanol–water partition coefficient (Wildman–Crippen LogP) is 12.8. The lowest BCUT2D eigenvalue weighted by atomic mass is 10.1. The lowest BCUT2D eigenvalue weighted by Crippen LogP contribution is -2.02. The van der Waals surface area contributed by atoms with Gasteiger partial charge in [-0.1, -0.05) is 115 Å². The molecule has 0 saturated heterocycles. The molecule has 0 atom stereocenters. The first-order valence-corrected chi connectivity index (χ1v) is 19.5. The van der Waals surface area contributed by atoms with Gasteiger partial charge in [0.05, 0.1) is 38.7 Å². The third-order valence-corrected chi connectivity index (χ3v) is 11.4. The molecule has 0 fully saturated rings. The Balaban J connectivity index is 1.06. The molecule has 274 valence electrons. The summed E-state index contributed by atoms with van der Waals surface area (Å²) in [4.78, 5) is 14.7. The van der Waals surface area contributed by atoms with Gasteiger partial charge in [-0.25, -0.2) is 15.0 Å². The largest absolute Gasteiger partial charge is 0.455 e. The van der Waals surface area contributed by atoms with E-state index in [0.717, 1.165) is 82.8 Å². The molecule has 0 aliphatic carbocycles. The van der Waals surface area contributed by atoms with Crippen molar-refractivity contribution in [2.24, 2.45) is 0 Å². The highest BCUT2D eigenvalue weighted by Crippen LogP contribution is 2.43. The average molecular weight is 755 g/mol.